The highest BCUT2D eigenvalue weighted by Gasteiger charge is 2.44. The minimum absolute atomic E-state index is 0.358. The summed E-state index contributed by atoms with van der Waals surface area (Å²) in [6.45, 7) is 7.65. The number of nitrogens with zero attached hydrogens (tertiary/aromatic N) is 2. The molecule has 1 heterocycles. The summed E-state index contributed by atoms with van der Waals surface area (Å²) < 4.78 is 2.13. The second kappa shape index (κ2) is 6.29. The van der Waals surface area contributed by atoms with Gasteiger partial charge in [0.25, 0.3) is 0 Å². The third-order valence-electron chi connectivity index (χ3n) is 5.41. The highest BCUT2D eigenvalue weighted by atomic mass is 35.5. The summed E-state index contributed by atoms with van der Waals surface area (Å²) in [4.78, 5) is 0. The van der Waals surface area contributed by atoms with Crippen molar-refractivity contribution in [1.29, 1.82) is 0 Å². The van der Waals surface area contributed by atoms with Crippen LogP contribution in [0.15, 0.2) is 6.20 Å². The van der Waals surface area contributed by atoms with Crippen LogP contribution in [0.1, 0.15) is 70.7 Å². The van der Waals surface area contributed by atoms with E-state index in [9.17, 15) is 0 Å². The molecule has 3 rings (SSSR count). The Hall–Kier alpha value is -0.540. The Balaban J connectivity index is 1.90. The van der Waals surface area contributed by atoms with Crippen LogP contribution in [0.25, 0.3) is 0 Å². The molecule has 2 aliphatic carbocycles. The van der Waals surface area contributed by atoms with Gasteiger partial charge >= 0.3 is 0 Å². The number of hydrogen-bond acceptors (Lipinski definition) is 2. The molecule has 2 bridgehead atoms. The lowest BCUT2D eigenvalue weighted by atomic mass is 9.81. The van der Waals surface area contributed by atoms with Crippen LogP contribution in [0.4, 0.5) is 0 Å². The first-order valence-electron chi connectivity index (χ1n) is 8.58. The van der Waals surface area contributed by atoms with Crippen molar-refractivity contribution in [2.24, 2.45) is 17.8 Å². The summed E-state index contributed by atoms with van der Waals surface area (Å²) in [6, 6.07) is 0.731. The van der Waals surface area contributed by atoms with Gasteiger partial charge in [0.2, 0.25) is 0 Å². The molecule has 2 fully saturated rings. The first-order chi connectivity index (χ1) is 10.1. The largest absolute Gasteiger partial charge is 0.308 e. The molecule has 0 radical (unpaired) electrons. The molecule has 118 valence electrons. The monoisotopic (exact) mass is 309 g/mol. The molecular formula is C17H28ClN3. The van der Waals surface area contributed by atoms with Crippen LogP contribution in [-0.4, -0.2) is 16.3 Å². The van der Waals surface area contributed by atoms with Crippen molar-refractivity contribution in [1.82, 2.24) is 15.1 Å². The Morgan fingerprint density at radius 1 is 1.38 bits per heavy atom. The van der Waals surface area contributed by atoms with E-state index in [1.54, 1.807) is 0 Å². The molecule has 0 saturated heterocycles. The van der Waals surface area contributed by atoms with Crippen molar-refractivity contribution in [3.8, 4) is 0 Å². The fourth-order valence-corrected chi connectivity index (χ4v) is 4.75. The topological polar surface area (TPSA) is 29.9 Å². The minimum atomic E-state index is 0.358. The van der Waals surface area contributed by atoms with Crippen molar-refractivity contribution in [3.05, 3.63) is 16.9 Å². The van der Waals surface area contributed by atoms with Crippen molar-refractivity contribution >= 4 is 11.6 Å². The first kappa shape index (κ1) is 15.4. The van der Waals surface area contributed by atoms with Gasteiger partial charge in [-0.05, 0) is 63.8 Å². The van der Waals surface area contributed by atoms with Crippen LogP contribution in [0.5, 0.6) is 0 Å². The van der Waals surface area contributed by atoms with Gasteiger partial charge < -0.3 is 5.32 Å². The third-order valence-corrected chi connectivity index (χ3v) is 5.70. The summed E-state index contributed by atoms with van der Waals surface area (Å²) in [5, 5.41) is 9.15. The van der Waals surface area contributed by atoms with Crippen molar-refractivity contribution in [2.75, 3.05) is 6.54 Å². The lowest BCUT2D eigenvalue weighted by Gasteiger charge is -2.32. The fraction of sp³-hybridized carbons (Fsp3) is 0.824. The Kier molecular flexibility index (Phi) is 4.60. The number of fused-ring (bicyclic) bond motifs is 2. The molecule has 0 amide bonds. The van der Waals surface area contributed by atoms with Gasteiger partial charge in [-0.2, -0.15) is 5.10 Å². The van der Waals surface area contributed by atoms with Gasteiger partial charge in [-0.1, -0.05) is 24.9 Å². The maximum atomic E-state index is 6.52. The van der Waals surface area contributed by atoms with E-state index in [1.807, 2.05) is 6.20 Å². The maximum absolute atomic E-state index is 6.52. The molecule has 21 heavy (non-hydrogen) atoms. The van der Waals surface area contributed by atoms with Crippen molar-refractivity contribution < 1.29 is 0 Å². The zero-order valence-corrected chi connectivity index (χ0v) is 14.2. The maximum Gasteiger partial charge on any atom is 0.0834 e. The van der Waals surface area contributed by atoms with Gasteiger partial charge in [0, 0.05) is 6.04 Å². The quantitative estimate of drug-likeness (QED) is 0.832. The van der Waals surface area contributed by atoms with Crippen LogP contribution in [0, 0.1) is 17.8 Å². The standard InChI is InChI=1S/C17H28ClN3/c1-4-7-19-16(14-9-12-5-6-13(14)8-12)17-15(18)10-20-21(17)11(2)3/h10-14,16,19H,4-9H2,1-3H3. The molecule has 3 nitrogen and oxygen atoms in total. The van der Waals surface area contributed by atoms with E-state index in [1.165, 1.54) is 31.4 Å². The van der Waals surface area contributed by atoms with E-state index in [-0.39, 0.29) is 0 Å². The number of halogens is 1. The zero-order chi connectivity index (χ0) is 15.0. The Morgan fingerprint density at radius 2 is 2.19 bits per heavy atom. The molecule has 1 N–H and O–H groups in total. The van der Waals surface area contributed by atoms with Crippen LogP contribution >= 0.6 is 11.6 Å². The second-order valence-corrected chi connectivity index (χ2v) is 7.59. The Morgan fingerprint density at radius 3 is 2.76 bits per heavy atom. The number of aromatic nitrogens is 2. The molecule has 1 aromatic heterocycles. The molecule has 2 saturated carbocycles. The fourth-order valence-electron chi connectivity index (χ4n) is 4.51. The van der Waals surface area contributed by atoms with E-state index in [0.29, 0.717) is 12.1 Å². The predicted molar refractivity (Wildman–Crippen MR) is 87.6 cm³/mol. The van der Waals surface area contributed by atoms with Crippen LogP contribution in [0.3, 0.4) is 0 Å². The van der Waals surface area contributed by atoms with E-state index in [4.69, 9.17) is 11.6 Å². The average Bonchev–Trinajstić information content (AvgIpc) is 3.15. The van der Waals surface area contributed by atoms with E-state index < -0.39 is 0 Å². The van der Waals surface area contributed by atoms with E-state index in [2.05, 4.69) is 35.9 Å². The van der Waals surface area contributed by atoms with Gasteiger partial charge in [0.1, 0.15) is 0 Å². The Bertz CT molecular complexity index is 482. The van der Waals surface area contributed by atoms with E-state index >= 15 is 0 Å². The molecule has 0 aliphatic heterocycles. The van der Waals surface area contributed by atoms with Gasteiger partial charge in [-0.3, -0.25) is 4.68 Å². The number of hydrogen-bond donors (Lipinski definition) is 1. The molecule has 4 heteroatoms. The third kappa shape index (κ3) is 2.87. The van der Waals surface area contributed by atoms with Crippen LogP contribution in [-0.2, 0) is 0 Å². The highest BCUT2D eigenvalue weighted by molar-refractivity contribution is 6.31. The molecule has 1 aromatic rings. The number of nitrogens with one attached hydrogen (secondary N) is 1. The van der Waals surface area contributed by atoms with Gasteiger partial charge in [0.15, 0.2) is 0 Å². The predicted octanol–water partition coefficient (Wildman–Crippen LogP) is 4.59. The Labute approximate surface area is 133 Å². The first-order valence-corrected chi connectivity index (χ1v) is 8.95. The van der Waals surface area contributed by atoms with Gasteiger partial charge in [-0.25, -0.2) is 0 Å². The van der Waals surface area contributed by atoms with Crippen molar-refractivity contribution in [3.63, 3.8) is 0 Å². The second-order valence-electron chi connectivity index (χ2n) is 7.19. The summed E-state index contributed by atoms with van der Waals surface area (Å²) in [7, 11) is 0. The molecular weight excluding hydrogens is 282 g/mol. The lowest BCUT2D eigenvalue weighted by Crippen LogP contribution is -2.34. The zero-order valence-electron chi connectivity index (χ0n) is 13.5. The van der Waals surface area contributed by atoms with Gasteiger partial charge in [0.05, 0.1) is 23.0 Å². The van der Waals surface area contributed by atoms with Crippen LogP contribution in [0.2, 0.25) is 5.02 Å². The molecule has 4 unspecified atom stereocenters. The van der Waals surface area contributed by atoms with Crippen LogP contribution < -0.4 is 5.32 Å². The average molecular weight is 310 g/mol. The molecule has 4 atom stereocenters. The molecule has 2 aliphatic rings. The molecule has 0 spiro atoms. The lowest BCUT2D eigenvalue weighted by molar-refractivity contribution is 0.239. The summed E-state index contributed by atoms with van der Waals surface area (Å²) >= 11 is 6.52. The molecule has 0 aromatic carbocycles. The normalized spacial score (nSPS) is 29.5. The van der Waals surface area contributed by atoms with Crippen molar-refractivity contribution in [2.45, 2.75) is 65.0 Å². The number of rotatable bonds is 6. The summed E-state index contributed by atoms with van der Waals surface area (Å²) in [6.07, 6.45) is 8.63. The summed E-state index contributed by atoms with van der Waals surface area (Å²) in [5.41, 5.74) is 1.22. The smallest absolute Gasteiger partial charge is 0.0834 e. The SMILES string of the molecule is CCCNC(c1c(Cl)cnn1C(C)C)C1CC2CCC1C2. The highest BCUT2D eigenvalue weighted by Crippen LogP contribution is 2.53. The minimum Gasteiger partial charge on any atom is -0.308 e. The van der Waals surface area contributed by atoms with Gasteiger partial charge in [-0.15, -0.1) is 0 Å². The summed E-state index contributed by atoms with van der Waals surface area (Å²) in [5.74, 6) is 2.58. The van der Waals surface area contributed by atoms with E-state index in [0.717, 1.165) is 35.7 Å².